The van der Waals surface area contributed by atoms with Gasteiger partial charge >= 0.3 is 0 Å². The van der Waals surface area contributed by atoms with E-state index in [1.54, 1.807) is 18.1 Å². The van der Waals surface area contributed by atoms with Crippen molar-refractivity contribution in [2.75, 3.05) is 13.6 Å². The van der Waals surface area contributed by atoms with Gasteiger partial charge in [-0.2, -0.15) is 0 Å². The number of pyridine rings is 1. The second-order valence-electron chi connectivity index (χ2n) is 4.23. The molecule has 1 aromatic carbocycles. The third-order valence-electron chi connectivity index (χ3n) is 2.88. The van der Waals surface area contributed by atoms with Crippen LogP contribution in [-0.2, 0) is 0 Å². The summed E-state index contributed by atoms with van der Waals surface area (Å²) < 4.78 is 0. The van der Waals surface area contributed by atoms with E-state index in [0.717, 1.165) is 23.7 Å². The number of nitrogens with zero attached hydrogens (tertiary/aromatic N) is 2. The summed E-state index contributed by atoms with van der Waals surface area (Å²) in [4.78, 5) is 18.1. The molecule has 3 nitrogen and oxygen atoms in total. The molecule has 18 heavy (non-hydrogen) atoms. The molecule has 0 unspecified atom stereocenters. The van der Waals surface area contributed by atoms with E-state index in [9.17, 15) is 4.79 Å². The summed E-state index contributed by atoms with van der Waals surface area (Å²) in [5.74, 6) is -0.0165. The second kappa shape index (κ2) is 5.36. The molecule has 0 saturated heterocycles. The van der Waals surface area contributed by atoms with E-state index < -0.39 is 0 Å². The maximum absolute atomic E-state index is 12.3. The van der Waals surface area contributed by atoms with Gasteiger partial charge in [-0.1, -0.05) is 42.8 Å². The predicted molar refractivity (Wildman–Crippen MR) is 74.0 cm³/mol. The lowest BCUT2D eigenvalue weighted by Crippen LogP contribution is -2.27. The highest BCUT2D eigenvalue weighted by molar-refractivity contribution is 6.34. The number of fused-ring (bicyclic) bond motifs is 1. The first-order valence-corrected chi connectivity index (χ1v) is 6.31. The Balaban J connectivity index is 2.52. The van der Waals surface area contributed by atoms with Gasteiger partial charge in [0, 0.05) is 25.2 Å². The molecule has 0 aliphatic rings. The molecule has 1 heterocycles. The van der Waals surface area contributed by atoms with Crippen molar-refractivity contribution in [2.45, 2.75) is 13.3 Å². The van der Waals surface area contributed by atoms with Crippen LogP contribution in [-0.4, -0.2) is 29.4 Å². The summed E-state index contributed by atoms with van der Waals surface area (Å²) in [6.45, 7) is 2.78. The van der Waals surface area contributed by atoms with E-state index in [2.05, 4.69) is 4.98 Å². The van der Waals surface area contributed by atoms with E-state index in [-0.39, 0.29) is 5.91 Å². The van der Waals surface area contributed by atoms with Crippen LogP contribution in [0.15, 0.2) is 30.5 Å². The quantitative estimate of drug-likeness (QED) is 0.795. The Morgan fingerprint density at radius 1 is 1.33 bits per heavy atom. The Hall–Kier alpha value is -1.61. The lowest BCUT2D eigenvalue weighted by molar-refractivity contribution is 0.0796. The van der Waals surface area contributed by atoms with Crippen LogP contribution < -0.4 is 0 Å². The van der Waals surface area contributed by atoms with Crippen molar-refractivity contribution in [3.63, 3.8) is 0 Å². The van der Waals surface area contributed by atoms with Crippen LogP contribution in [0.25, 0.3) is 10.8 Å². The number of aromatic nitrogens is 1. The van der Waals surface area contributed by atoms with Gasteiger partial charge < -0.3 is 4.90 Å². The van der Waals surface area contributed by atoms with Crippen molar-refractivity contribution in [3.05, 3.63) is 41.2 Å². The van der Waals surface area contributed by atoms with E-state index >= 15 is 0 Å². The molecule has 0 saturated carbocycles. The van der Waals surface area contributed by atoms with Crippen molar-refractivity contribution < 1.29 is 4.79 Å². The Morgan fingerprint density at radius 2 is 2.00 bits per heavy atom. The van der Waals surface area contributed by atoms with Crippen LogP contribution in [0.4, 0.5) is 0 Å². The highest BCUT2D eigenvalue weighted by Gasteiger charge is 2.15. The first-order chi connectivity index (χ1) is 8.65. The number of carbonyl (C=O) groups is 1. The number of hydrogen-bond acceptors (Lipinski definition) is 2. The van der Waals surface area contributed by atoms with Crippen LogP contribution in [0, 0.1) is 0 Å². The predicted octanol–water partition coefficient (Wildman–Crippen LogP) is 3.37. The molecule has 0 bridgehead atoms. The third-order valence-corrected chi connectivity index (χ3v) is 3.18. The topological polar surface area (TPSA) is 33.2 Å². The Labute approximate surface area is 111 Å². The molecular formula is C14H15ClN2O. The van der Waals surface area contributed by atoms with Gasteiger partial charge in [-0.25, -0.2) is 4.98 Å². The summed E-state index contributed by atoms with van der Waals surface area (Å²) in [6, 6.07) is 7.56. The molecule has 4 heteroatoms. The largest absolute Gasteiger partial charge is 0.342 e. The Morgan fingerprint density at radius 3 is 2.67 bits per heavy atom. The van der Waals surface area contributed by atoms with Crippen LogP contribution in [0.1, 0.15) is 23.7 Å². The number of benzene rings is 1. The number of hydrogen-bond donors (Lipinski definition) is 0. The van der Waals surface area contributed by atoms with Gasteiger partial charge in [-0.3, -0.25) is 4.79 Å². The minimum Gasteiger partial charge on any atom is -0.342 e. The average Bonchev–Trinajstić information content (AvgIpc) is 2.39. The van der Waals surface area contributed by atoms with Crippen molar-refractivity contribution in [1.82, 2.24) is 9.88 Å². The lowest BCUT2D eigenvalue weighted by Gasteiger charge is -2.17. The van der Waals surface area contributed by atoms with Gasteiger partial charge in [0.2, 0.25) is 0 Å². The number of halogens is 1. The molecule has 1 aromatic heterocycles. The zero-order valence-electron chi connectivity index (χ0n) is 10.5. The molecular weight excluding hydrogens is 248 g/mol. The highest BCUT2D eigenvalue weighted by Crippen LogP contribution is 2.24. The molecule has 0 aliphatic heterocycles. The first-order valence-electron chi connectivity index (χ1n) is 5.94. The van der Waals surface area contributed by atoms with E-state index in [1.165, 1.54) is 0 Å². The lowest BCUT2D eigenvalue weighted by atomic mass is 10.1. The van der Waals surface area contributed by atoms with Crippen molar-refractivity contribution in [1.29, 1.82) is 0 Å². The van der Waals surface area contributed by atoms with Crippen molar-refractivity contribution in [3.8, 4) is 0 Å². The first kappa shape index (κ1) is 12.8. The maximum atomic E-state index is 12.3. The molecule has 0 aliphatic carbocycles. The smallest absolute Gasteiger partial charge is 0.255 e. The van der Waals surface area contributed by atoms with Gasteiger partial charge in [-0.05, 0) is 11.8 Å². The van der Waals surface area contributed by atoms with E-state index in [4.69, 9.17) is 11.6 Å². The standard InChI is InChI=1S/C14H15ClN2O/c1-3-8-17(2)14(18)12-9-16-13(15)11-7-5-4-6-10(11)12/h4-7,9H,3,8H2,1-2H3. The molecule has 1 amide bonds. The summed E-state index contributed by atoms with van der Waals surface area (Å²) in [7, 11) is 1.80. The Kier molecular flexibility index (Phi) is 3.82. The van der Waals surface area contributed by atoms with Crippen LogP contribution in [0.5, 0.6) is 0 Å². The molecule has 2 rings (SSSR count). The van der Waals surface area contributed by atoms with Gasteiger partial charge in [0.05, 0.1) is 5.56 Å². The minimum atomic E-state index is -0.0165. The fourth-order valence-corrected chi connectivity index (χ4v) is 2.18. The van der Waals surface area contributed by atoms with Crippen molar-refractivity contribution >= 4 is 28.3 Å². The van der Waals surface area contributed by atoms with Gasteiger partial charge in [0.15, 0.2) is 0 Å². The maximum Gasteiger partial charge on any atom is 0.255 e. The fraction of sp³-hybridized carbons (Fsp3) is 0.286. The molecule has 2 aromatic rings. The zero-order valence-corrected chi connectivity index (χ0v) is 11.2. The number of amides is 1. The monoisotopic (exact) mass is 262 g/mol. The Bertz CT molecular complexity index is 583. The van der Waals surface area contributed by atoms with Gasteiger partial charge in [0.25, 0.3) is 5.91 Å². The van der Waals surface area contributed by atoms with Crippen LogP contribution in [0.3, 0.4) is 0 Å². The third kappa shape index (κ3) is 2.31. The van der Waals surface area contributed by atoms with Crippen LogP contribution in [0.2, 0.25) is 5.15 Å². The average molecular weight is 263 g/mol. The molecule has 0 radical (unpaired) electrons. The summed E-state index contributed by atoms with van der Waals surface area (Å²) in [5.41, 5.74) is 0.603. The fourth-order valence-electron chi connectivity index (χ4n) is 1.97. The second-order valence-corrected chi connectivity index (χ2v) is 4.59. The molecule has 0 fully saturated rings. The van der Waals surface area contributed by atoms with E-state index in [0.29, 0.717) is 10.7 Å². The SMILES string of the molecule is CCCN(C)C(=O)c1cnc(Cl)c2ccccc12. The van der Waals surface area contributed by atoms with Gasteiger partial charge in [-0.15, -0.1) is 0 Å². The van der Waals surface area contributed by atoms with Gasteiger partial charge in [0.1, 0.15) is 5.15 Å². The zero-order chi connectivity index (χ0) is 13.1. The molecule has 0 atom stereocenters. The highest BCUT2D eigenvalue weighted by atomic mass is 35.5. The van der Waals surface area contributed by atoms with Crippen LogP contribution >= 0.6 is 11.6 Å². The summed E-state index contributed by atoms with van der Waals surface area (Å²) in [5, 5.41) is 2.10. The number of rotatable bonds is 3. The molecule has 94 valence electrons. The summed E-state index contributed by atoms with van der Waals surface area (Å²) in [6.07, 6.45) is 2.49. The number of carbonyl (C=O) groups excluding carboxylic acids is 1. The molecule has 0 spiro atoms. The minimum absolute atomic E-state index is 0.0165. The normalized spacial score (nSPS) is 10.6. The molecule has 0 N–H and O–H groups in total. The van der Waals surface area contributed by atoms with E-state index in [1.807, 2.05) is 31.2 Å². The summed E-state index contributed by atoms with van der Waals surface area (Å²) >= 11 is 6.04. The van der Waals surface area contributed by atoms with Crippen molar-refractivity contribution in [2.24, 2.45) is 0 Å².